The molecule has 4 nitrogen and oxygen atoms in total. The van der Waals surface area contributed by atoms with Gasteiger partial charge in [-0.3, -0.25) is 0 Å². The van der Waals surface area contributed by atoms with E-state index in [9.17, 15) is 0 Å². The first-order chi connectivity index (χ1) is 6.11. The highest BCUT2D eigenvalue weighted by Gasteiger charge is 2.02. The Balaban J connectivity index is 2.41. The van der Waals surface area contributed by atoms with Crippen LogP contribution in [0, 0.1) is 19.8 Å². The van der Waals surface area contributed by atoms with Gasteiger partial charge in [-0.05, 0) is 31.4 Å². The van der Waals surface area contributed by atoms with E-state index in [1.807, 2.05) is 13.8 Å². The van der Waals surface area contributed by atoms with Gasteiger partial charge in [-0.2, -0.15) is 4.79 Å². The molecule has 1 N–H and O–H groups in total. The van der Waals surface area contributed by atoms with Gasteiger partial charge in [-0.1, -0.05) is 13.8 Å². The maximum absolute atomic E-state index is 3.97. The van der Waals surface area contributed by atoms with Gasteiger partial charge < -0.3 is 5.43 Å². The van der Waals surface area contributed by atoms with E-state index in [1.54, 1.807) is 4.79 Å². The molecule has 1 rings (SSSR count). The maximum atomic E-state index is 3.97. The van der Waals surface area contributed by atoms with Crippen LogP contribution in [0.3, 0.4) is 0 Å². The number of nitrogens with zero attached hydrogens (tertiary/aromatic N) is 3. The molecule has 1 aromatic rings. The van der Waals surface area contributed by atoms with E-state index >= 15 is 0 Å². The molecule has 0 radical (unpaired) electrons. The predicted molar refractivity (Wildman–Crippen MR) is 53.2 cm³/mol. The molecule has 0 unspecified atom stereocenters. The molecular weight excluding hydrogens is 164 g/mol. The van der Waals surface area contributed by atoms with Crippen molar-refractivity contribution < 1.29 is 0 Å². The molecule has 13 heavy (non-hydrogen) atoms. The fraction of sp³-hybridized carbons (Fsp3) is 0.778. The zero-order chi connectivity index (χ0) is 9.84. The third-order valence-electron chi connectivity index (χ3n) is 2.11. The van der Waals surface area contributed by atoms with Crippen molar-refractivity contribution in [2.75, 3.05) is 12.0 Å². The molecule has 0 aromatic carbocycles. The standard InChI is InChI=1S/C9H18N4/c1-7(2)5-6-10-13-9(4)8(3)11-12-13/h7,10H,5-6H2,1-4H3. The minimum atomic E-state index is 0.720. The highest BCUT2D eigenvalue weighted by Crippen LogP contribution is 2.00. The monoisotopic (exact) mass is 182 g/mol. The molecule has 0 amide bonds. The van der Waals surface area contributed by atoms with Gasteiger partial charge in [0, 0.05) is 6.54 Å². The fourth-order valence-electron chi connectivity index (χ4n) is 1.01. The Labute approximate surface area is 79.3 Å². The molecule has 0 bridgehead atoms. The van der Waals surface area contributed by atoms with Gasteiger partial charge in [-0.25, -0.2) is 0 Å². The average Bonchev–Trinajstić information content (AvgIpc) is 2.35. The van der Waals surface area contributed by atoms with Crippen LogP contribution in [0.5, 0.6) is 0 Å². The first kappa shape index (κ1) is 10.0. The second-order valence-corrected chi connectivity index (χ2v) is 3.76. The van der Waals surface area contributed by atoms with Crippen LogP contribution >= 0.6 is 0 Å². The first-order valence-electron chi connectivity index (χ1n) is 4.74. The first-order valence-corrected chi connectivity index (χ1v) is 4.74. The molecule has 74 valence electrons. The van der Waals surface area contributed by atoms with Gasteiger partial charge in [0.1, 0.15) is 0 Å². The zero-order valence-corrected chi connectivity index (χ0v) is 8.83. The number of hydrogen-bond donors (Lipinski definition) is 1. The van der Waals surface area contributed by atoms with Gasteiger partial charge in [0.2, 0.25) is 0 Å². The second-order valence-electron chi connectivity index (χ2n) is 3.76. The quantitative estimate of drug-likeness (QED) is 0.767. The van der Waals surface area contributed by atoms with Crippen LogP contribution in [-0.2, 0) is 0 Å². The third kappa shape index (κ3) is 2.72. The van der Waals surface area contributed by atoms with Crippen molar-refractivity contribution in [3.05, 3.63) is 11.4 Å². The summed E-state index contributed by atoms with van der Waals surface area (Å²) in [6, 6.07) is 0. The molecule has 0 aliphatic rings. The summed E-state index contributed by atoms with van der Waals surface area (Å²) < 4.78 is 0. The van der Waals surface area contributed by atoms with E-state index in [-0.39, 0.29) is 0 Å². The largest absolute Gasteiger partial charge is 0.308 e. The van der Waals surface area contributed by atoms with Crippen LogP contribution in [0.4, 0.5) is 0 Å². The molecule has 0 fully saturated rings. The Bertz CT molecular complexity index is 265. The summed E-state index contributed by atoms with van der Waals surface area (Å²) in [5.74, 6) is 0.720. The minimum absolute atomic E-state index is 0.720. The number of aromatic nitrogens is 3. The normalized spacial score (nSPS) is 10.8. The topological polar surface area (TPSA) is 42.7 Å². The van der Waals surface area contributed by atoms with Crippen LogP contribution in [-0.4, -0.2) is 21.6 Å². The van der Waals surface area contributed by atoms with Gasteiger partial charge in [-0.15, -0.1) is 5.10 Å². The summed E-state index contributed by atoms with van der Waals surface area (Å²) in [5, 5.41) is 7.93. The Morgan fingerprint density at radius 1 is 1.38 bits per heavy atom. The van der Waals surface area contributed by atoms with Crippen molar-refractivity contribution in [1.82, 2.24) is 15.1 Å². The molecule has 4 heteroatoms. The van der Waals surface area contributed by atoms with Crippen LogP contribution in [0.25, 0.3) is 0 Å². The van der Waals surface area contributed by atoms with Gasteiger partial charge in [0.05, 0.1) is 11.4 Å². The summed E-state index contributed by atoms with van der Waals surface area (Å²) in [6.07, 6.45) is 1.15. The Morgan fingerprint density at radius 3 is 2.54 bits per heavy atom. The molecule has 0 atom stereocenters. The van der Waals surface area contributed by atoms with Crippen LogP contribution in [0.1, 0.15) is 31.7 Å². The van der Waals surface area contributed by atoms with Crippen molar-refractivity contribution in [2.45, 2.75) is 34.1 Å². The number of rotatable bonds is 4. The Hall–Kier alpha value is -1.06. The van der Waals surface area contributed by atoms with E-state index in [0.717, 1.165) is 30.3 Å². The average molecular weight is 182 g/mol. The van der Waals surface area contributed by atoms with E-state index in [2.05, 4.69) is 29.6 Å². The molecule has 0 saturated carbocycles. The Kier molecular flexibility index (Phi) is 3.28. The smallest absolute Gasteiger partial charge is 0.0847 e. The molecular formula is C9H18N4. The predicted octanol–water partition coefficient (Wildman–Crippen LogP) is 1.48. The lowest BCUT2D eigenvalue weighted by Crippen LogP contribution is -2.20. The SMILES string of the molecule is Cc1nnn(NCCC(C)C)c1C. The minimum Gasteiger partial charge on any atom is -0.308 e. The third-order valence-corrected chi connectivity index (χ3v) is 2.11. The molecule has 0 aliphatic carbocycles. The molecule has 0 spiro atoms. The number of aryl methyl sites for hydroxylation is 1. The van der Waals surface area contributed by atoms with Crippen molar-refractivity contribution in [3.8, 4) is 0 Å². The van der Waals surface area contributed by atoms with Crippen molar-refractivity contribution in [3.63, 3.8) is 0 Å². The highest BCUT2D eigenvalue weighted by atomic mass is 15.6. The highest BCUT2D eigenvalue weighted by molar-refractivity contribution is 5.05. The van der Waals surface area contributed by atoms with Crippen molar-refractivity contribution in [2.24, 2.45) is 5.92 Å². The lowest BCUT2D eigenvalue weighted by atomic mass is 10.1. The van der Waals surface area contributed by atoms with Crippen LogP contribution < -0.4 is 5.43 Å². The van der Waals surface area contributed by atoms with Gasteiger partial charge in [0.15, 0.2) is 0 Å². The number of nitrogens with one attached hydrogen (secondary N) is 1. The lowest BCUT2D eigenvalue weighted by molar-refractivity contribution is 0.568. The summed E-state index contributed by atoms with van der Waals surface area (Å²) in [4.78, 5) is 1.75. The summed E-state index contributed by atoms with van der Waals surface area (Å²) in [5.41, 5.74) is 5.28. The zero-order valence-electron chi connectivity index (χ0n) is 8.83. The van der Waals surface area contributed by atoms with E-state index in [0.29, 0.717) is 0 Å². The lowest BCUT2D eigenvalue weighted by Gasteiger charge is -2.08. The second kappa shape index (κ2) is 4.25. The van der Waals surface area contributed by atoms with E-state index in [1.165, 1.54) is 0 Å². The molecule has 0 saturated heterocycles. The maximum Gasteiger partial charge on any atom is 0.0847 e. The summed E-state index contributed by atoms with van der Waals surface area (Å²) in [7, 11) is 0. The summed E-state index contributed by atoms with van der Waals surface area (Å²) >= 11 is 0. The van der Waals surface area contributed by atoms with Gasteiger partial charge in [0.25, 0.3) is 0 Å². The van der Waals surface area contributed by atoms with Crippen molar-refractivity contribution in [1.29, 1.82) is 0 Å². The molecule has 1 aromatic heterocycles. The van der Waals surface area contributed by atoms with Crippen LogP contribution in [0.2, 0.25) is 0 Å². The van der Waals surface area contributed by atoms with Crippen molar-refractivity contribution >= 4 is 0 Å². The molecule has 1 heterocycles. The van der Waals surface area contributed by atoms with E-state index in [4.69, 9.17) is 0 Å². The van der Waals surface area contributed by atoms with Crippen LogP contribution in [0.15, 0.2) is 0 Å². The summed E-state index contributed by atoms with van der Waals surface area (Å²) in [6.45, 7) is 9.34. The fourth-order valence-corrected chi connectivity index (χ4v) is 1.01. The van der Waals surface area contributed by atoms with E-state index < -0.39 is 0 Å². The molecule has 0 aliphatic heterocycles. The number of hydrogen-bond acceptors (Lipinski definition) is 3. The Morgan fingerprint density at radius 2 is 2.08 bits per heavy atom. The van der Waals surface area contributed by atoms with Gasteiger partial charge >= 0.3 is 0 Å².